The van der Waals surface area contributed by atoms with Crippen molar-refractivity contribution >= 4 is 11.8 Å². The summed E-state index contributed by atoms with van der Waals surface area (Å²) in [6.07, 6.45) is 4.72. The molecule has 1 aliphatic carbocycles. The molecule has 3 aliphatic rings. The molecule has 1 N–H and O–H groups in total. The monoisotopic (exact) mass is 309 g/mol. The molecule has 2 atom stereocenters. The lowest BCUT2D eigenvalue weighted by Gasteiger charge is -2.36. The molecule has 0 aromatic carbocycles. The number of rotatable bonds is 2. The maximum Gasteiger partial charge on any atom is 0.245 e. The van der Waals surface area contributed by atoms with Crippen LogP contribution in [0.2, 0.25) is 0 Å². The topological polar surface area (TPSA) is 64.1 Å². The predicted octanol–water partition coefficient (Wildman–Crippen LogP) is 0.0549. The van der Waals surface area contributed by atoms with Gasteiger partial charge in [0.2, 0.25) is 11.8 Å². The molecule has 6 heteroatoms. The maximum atomic E-state index is 12.8. The van der Waals surface area contributed by atoms with Gasteiger partial charge >= 0.3 is 0 Å². The Bertz CT molecular complexity index is 438. The molecule has 22 heavy (non-hydrogen) atoms. The van der Waals surface area contributed by atoms with Crippen LogP contribution in [-0.4, -0.2) is 82.5 Å². The van der Waals surface area contributed by atoms with Gasteiger partial charge in [-0.05, 0) is 19.3 Å². The molecule has 0 unspecified atom stereocenters. The second-order valence-corrected chi connectivity index (χ2v) is 6.88. The number of carbonyl (C=O) groups is 2. The number of amides is 2. The molecule has 6 nitrogen and oxygen atoms in total. The highest BCUT2D eigenvalue weighted by atomic mass is 16.3. The van der Waals surface area contributed by atoms with E-state index in [9.17, 15) is 14.7 Å². The Morgan fingerprint density at radius 1 is 1.05 bits per heavy atom. The Morgan fingerprint density at radius 2 is 1.82 bits per heavy atom. The second-order valence-electron chi connectivity index (χ2n) is 6.88. The number of hydrogen-bond acceptors (Lipinski definition) is 4. The zero-order valence-electron chi connectivity index (χ0n) is 13.4. The van der Waals surface area contributed by atoms with Crippen molar-refractivity contribution < 1.29 is 14.7 Å². The molecule has 2 amide bonds. The largest absolute Gasteiger partial charge is 0.391 e. The highest BCUT2D eigenvalue weighted by molar-refractivity contribution is 5.87. The fourth-order valence-corrected chi connectivity index (χ4v) is 3.88. The fraction of sp³-hybridized carbons (Fsp3) is 0.875. The van der Waals surface area contributed by atoms with Gasteiger partial charge in [0.15, 0.2) is 0 Å². The lowest BCUT2D eigenvalue weighted by atomic mass is 9.91. The van der Waals surface area contributed by atoms with E-state index in [0.717, 1.165) is 38.6 Å². The third kappa shape index (κ3) is 3.13. The van der Waals surface area contributed by atoms with Gasteiger partial charge in [-0.2, -0.15) is 0 Å². The lowest BCUT2D eigenvalue weighted by molar-refractivity contribution is -0.142. The van der Waals surface area contributed by atoms with E-state index >= 15 is 0 Å². The minimum absolute atomic E-state index is 0.0159. The summed E-state index contributed by atoms with van der Waals surface area (Å²) in [7, 11) is 0. The highest BCUT2D eigenvalue weighted by Gasteiger charge is 2.40. The Hall–Kier alpha value is -1.14. The van der Waals surface area contributed by atoms with Crippen LogP contribution in [0, 0.1) is 0 Å². The molecule has 0 spiro atoms. The SMILES string of the molecule is CC(=O)N1C[C@H](O)C[C@@H]1C(=O)N1CCCN(C2CCC2)CC1. The number of likely N-dealkylation sites (tertiary alicyclic amines) is 1. The number of carbonyl (C=O) groups excluding carboxylic acids is 2. The van der Waals surface area contributed by atoms with Gasteiger partial charge in [-0.1, -0.05) is 6.42 Å². The van der Waals surface area contributed by atoms with Crippen molar-refractivity contribution in [3.05, 3.63) is 0 Å². The Labute approximate surface area is 132 Å². The van der Waals surface area contributed by atoms with E-state index in [1.807, 2.05) is 4.90 Å². The van der Waals surface area contributed by atoms with Gasteiger partial charge in [0, 0.05) is 52.1 Å². The summed E-state index contributed by atoms with van der Waals surface area (Å²) in [4.78, 5) is 30.4. The van der Waals surface area contributed by atoms with Crippen LogP contribution in [-0.2, 0) is 9.59 Å². The fourth-order valence-electron chi connectivity index (χ4n) is 3.88. The number of hydrogen-bond donors (Lipinski definition) is 1. The number of nitrogens with zero attached hydrogens (tertiary/aromatic N) is 3. The number of aliphatic hydroxyl groups excluding tert-OH is 1. The average Bonchev–Trinajstić information content (AvgIpc) is 2.66. The Balaban J connectivity index is 1.60. The minimum atomic E-state index is -0.573. The van der Waals surface area contributed by atoms with Crippen LogP contribution in [0.25, 0.3) is 0 Å². The van der Waals surface area contributed by atoms with Crippen molar-refractivity contribution in [2.24, 2.45) is 0 Å². The lowest BCUT2D eigenvalue weighted by Crippen LogP contribution is -2.48. The molecule has 0 bridgehead atoms. The van der Waals surface area contributed by atoms with Crippen LogP contribution in [0.4, 0.5) is 0 Å². The number of β-amino-alcohol motifs (C(OH)–C–C–N with tert-alkyl or cyclic N) is 1. The van der Waals surface area contributed by atoms with Gasteiger partial charge < -0.3 is 14.9 Å². The highest BCUT2D eigenvalue weighted by Crippen LogP contribution is 2.26. The van der Waals surface area contributed by atoms with Crippen LogP contribution < -0.4 is 0 Å². The van der Waals surface area contributed by atoms with E-state index in [1.165, 1.54) is 31.1 Å². The predicted molar refractivity (Wildman–Crippen MR) is 82.2 cm³/mol. The van der Waals surface area contributed by atoms with Crippen molar-refractivity contribution in [3.8, 4) is 0 Å². The first kappa shape index (κ1) is 15.7. The van der Waals surface area contributed by atoms with E-state index in [1.54, 1.807) is 0 Å². The standard InChI is InChI=1S/C16H27N3O3/c1-12(20)19-11-14(21)10-15(19)16(22)18-7-3-6-17(8-9-18)13-4-2-5-13/h13-15,21H,2-11H2,1H3/t14-,15-/m1/s1. The molecule has 2 heterocycles. The summed E-state index contributed by atoms with van der Waals surface area (Å²) in [5.74, 6) is -0.108. The summed E-state index contributed by atoms with van der Waals surface area (Å²) in [5, 5.41) is 9.80. The molecule has 0 radical (unpaired) electrons. The Morgan fingerprint density at radius 3 is 2.45 bits per heavy atom. The first-order chi connectivity index (χ1) is 10.6. The molecule has 2 saturated heterocycles. The normalized spacial score (nSPS) is 31.0. The number of aliphatic hydroxyl groups is 1. The van der Waals surface area contributed by atoms with Crippen LogP contribution in [0.15, 0.2) is 0 Å². The molecule has 124 valence electrons. The van der Waals surface area contributed by atoms with E-state index < -0.39 is 12.1 Å². The quantitative estimate of drug-likeness (QED) is 0.783. The van der Waals surface area contributed by atoms with Crippen LogP contribution in [0.1, 0.15) is 39.0 Å². The van der Waals surface area contributed by atoms with Gasteiger partial charge in [-0.3, -0.25) is 14.5 Å². The first-order valence-electron chi connectivity index (χ1n) is 8.54. The van der Waals surface area contributed by atoms with Gasteiger partial charge in [0.25, 0.3) is 0 Å². The summed E-state index contributed by atoms with van der Waals surface area (Å²) in [6.45, 7) is 5.27. The minimum Gasteiger partial charge on any atom is -0.391 e. The summed E-state index contributed by atoms with van der Waals surface area (Å²) in [5.41, 5.74) is 0. The molecular formula is C16H27N3O3. The third-order valence-electron chi connectivity index (χ3n) is 5.40. The third-order valence-corrected chi connectivity index (χ3v) is 5.40. The molecule has 2 aliphatic heterocycles. The van der Waals surface area contributed by atoms with E-state index in [-0.39, 0.29) is 18.4 Å². The molecule has 1 saturated carbocycles. The zero-order chi connectivity index (χ0) is 15.7. The summed E-state index contributed by atoms with van der Waals surface area (Å²) in [6, 6.07) is 0.250. The van der Waals surface area contributed by atoms with E-state index in [2.05, 4.69) is 4.90 Å². The van der Waals surface area contributed by atoms with E-state index in [4.69, 9.17) is 0 Å². The van der Waals surface area contributed by atoms with Crippen molar-refractivity contribution in [2.75, 3.05) is 32.7 Å². The van der Waals surface area contributed by atoms with Crippen LogP contribution in [0.3, 0.4) is 0 Å². The first-order valence-corrected chi connectivity index (χ1v) is 8.54. The van der Waals surface area contributed by atoms with Crippen molar-refractivity contribution in [1.82, 2.24) is 14.7 Å². The van der Waals surface area contributed by atoms with Gasteiger partial charge in [-0.25, -0.2) is 0 Å². The van der Waals surface area contributed by atoms with Crippen molar-refractivity contribution in [2.45, 2.75) is 57.2 Å². The maximum absolute atomic E-state index is 12.8. The smallest absolute Gasteiger partial charge is 0.245 e. The average molecular weight is 309 g/mol. The molecule has 0 aromatic rings. The Kier molecular flexibility index (Phi) is 4.68. The van der Waals surface area contributed by atoms with Crippen LogP contribution >= 0.6 is 0 Å². The van der Waals surface area contributed by atoms with E-state index in [0.29, 0.717) is 6.42 Å². The molecular weight excluding hydrogens is 282 g/mol. The molecule has 3 rings (SSSR count). The molecule has 0 aromatic heterocycles. The second kappa shape index (κ2) is 6.54. The summed E-state index contributed by atoms with van der Waals surface area (Å²) < 4.78 is 0. The zero-order valence-corrected chi connectivity index (χ0v) is 13.4. The van der Waals surface area contributed by atoms with Gasteiger partial charge in [-0.15, -0.1) is 0 Å². The molecule has 3 fully saturated rings. The summed E-state index contributed by atoms with van der Waals surface area (Å²) >= 11 is 0. The van der Waals surface area contributed by atoms with Gasteiger partial charge in [0.1, 0.15) is 6.04 Å². The van der Waals surface area contributed by atoms with Crippen LogP contribution in [0.5, 0.6) is 0 Å². The van der Waals surface area contributed by atoms with Crippen molar-refractivity contribution in [1.29, 1.82) is 0 Å². The van der Waals surface area contributed by atoms with Gasteiger partial charge in [0.05, 0.1) is 6.10 Å². The van der Waals surface area contributed by atoms with Crippen molar-refractivity contribution in [3.63, 3.8) is 0 Å².